The molecule has 170 valence electrons. The fourth-order valence-electron chi connectivity index (χ4n) is 3.55. The van der Waals surface area contributed by atoms with Crippen molar-refractivity contribution < 1.29 is 19.1 Å². The van der Waals surface area contributed by atoms with E-state index in [2.05, 4.69) is 26.1 Å². The maximum Gasteiger partial charge on any atom is 0.328 e. The Balaban J connectivity index is 4.97. The summed E-state index contributed by atoms with van der Waals surface area (Å²) in [5.41, 5.74) is 0. The maximum atomic E-state index is 12.9. The first-order valence-corrected chi connectivity index (χ1v) is 11.8. The smallest absolute Gasteiger partial charge is 0.328 e. The number of unbranched alkanes of at least 4 members (excludes halogenated alkanes) is 6. The van der Waals surface area contributed by atoms with Crippen molar-refractivity contribution in [2.24, 2.45) is 11.8 Å². The summed E-state index contributed by atoms with van der Waals surface area (Å²) in [6, 6.07) is -0.621. The van der Waals surface area contributed by atoms with Crippen molar-refractivity contribution in [3.8, 4) is 0 Å². The lowest BCUT2D eigenvalue weighted by atomic mass is 9.88. The lowest BCUT2D eigenvalue weighted by Crippen LogP contribution is -2.44. The molecule has 0 spiro atoms. The number of nitrogens with one attached hydrogen (secondary N) is 1. The second kappa shape index (κ2) is 17.5. The number of hydrogen-bond acceptors (Lipinski definition) is 4. The fraction of sp³-hybridized carbons (Fsp3) is 0.875. The summed E-state index contributed by atoms with van der Waals surface area (Å²) in [7, 11) is 1.35. The fourth-order valence-corrected chi connectivity index (χ4v) is 3.55. The Hall–Kier alpha value is -1.39. The zero-order chi connectivity index (χ0) is 22.1. The molecule has 0 aromatic rings. The van der Waals surface area contributed by atoms with Gasteiger partial charge in [0.25, 0.3) is 0 Å². The summed E-state index contributed by atoms with van der Waals surface area (Å²) in [5, 5.41) is 2.88. The van der Waals surface area contributed by atoms with E-state index in [0.29, 0.717) is 12.8 Å². The number of amides is 1. The molecule has 1 N–H and O–H groups in total. The largest absolute Gasteiger partial charge is 0.467 e. The molecule has 0 heterocycles. The van der Waals surface area contributed by atoms with Gasteiger partial charge in [0.2, 0.25) is 5.91 Å². The zero-order valence-electron chi connectivity index (χ0n) is 19.6. The monoisotopic (exact) mass is 411 g/mol. The minimum absolute atomic E-state index is 0.0102. The van der Waals surface area contributed by atoms with Crippen LogP contribution >= 0.6 is 0 Å². The number of rotatable bonds is 18. The summed E-state index contributed by atoms with van der Waals surface area (Å²) in [6.45, 7) is 8.35. The first-order valence-electron chi connectivity index (χ1n) is 11.8. The normalized spacial score (nSPS) is 14.1. The van der Waals surface area contributed by atoms with Crippen LogP contribution in [0.25, 0.3) is 0 Å². The van der Waals surface area contributed by atoms with Gasteiger partial charge < -0.3 is 10.1 Å². The molecule has 0 saturated heterocycles. The summed E-state index contributed by atoms with van der Waals surface area (Å²) >= 11 is 0. The topological polar surface area (TPSA) is 72.5 Å². The molecular weight excluding hydrogens is 366 g/mol. The van der Waals surface area contributed by atoms with Crippen LogP contribution in [0.4, 0.5) is 0 Å². The molecule has 0 saturated carbocycles. The Labute approximate surface area is 178 Å². The van der Waals surface area contributed by atoms with Crippen LogP contribution in [0.15, 0.2) is 0 Å². The molecule has 0 aliphatic rings. The molecule has 1 amide bonds. The highest BCUT2D eigenvalue weighted by atomic mass is 16.5. The average Bonchev–Trinajstić information content (AvgIpc) is 2.71. The molecule has 0 aromatic carbocycles. The van der Waals surface area contributed by atoms with Gasteiger partial charge in [0, 0.05) is 18.3 Å². The van der Waals surface area contributed by atoms with E-state index in [1.54, 1.807) is 0 Å². The van der Waals surface area contributed by atoms with E-state index in [9.17, 15) is 14.4 Å². The molecule has 0 unspecified atom stereocenters. The van der Waals surface area contributed by atoms with Gasteiger partial charge in [-0.15, -0.1) is 0 Å². The van der Waals surface area contributed by atoms with E-state index in [1.807, 2.05) is 6.92 Å². The number of esters is 1. The molecule has 29 heavy (non-hydrogen) atoms. The third-order valence-electron chi connectivity index (χ3n) is 5.66. The Bertz CT molecular complexity index is 464. The predicted octanol–water partition coefficient (Wildman–Crippen LogP) is 5.60. The molecule has 0 rings (SSSR count). The number of ketones is 1. The van der Waals surface area contributed by atoms with E-state index in [4.69, 9.17) is 4.74 Å². The summed E-state index contributed by atoms with van der Waals surface area (Å²) < 4.78 is 4.88. The Kier molecular flexibility index (Phi) is 16.6. The van der Waals surface area contributed by atoms with Crippen LogP contribution in [-0.4, -0.2) is 30.8 Å². The van der Waals surface area contributed by atoms with Crippen LogP contribution < -0.4 is 5.32 Å². The molecule has 0 fully saturated rings. The maximum absolute atomic E-state index is 12.9. The van der Waals surface area contributed by atoms with Crippen LogP contribution in [0.1, 0.15) is 111 Å². The Morgan fingerprint density at radius 3 is 1.83 bits per heavy atom. The first-order chi connectivity index (χ1) is 13.9. The predicted molar refractivity (Wildman–Crippen MR) is 119 cm³/mol. The highest BCUT2D eigenvalue weighted by molar-refractivity contribution is 5.90. The van der Waals surface area contributed by atoms with Crippen molar-refractivity contribution in [1.29, 1.82) is 0 Å². The van der Waals surface area contributed by atoms with Crippen LogP contribution in [0.2, 0.25) is 0 Å². The first kappa shape index (κ1) is 27.6. The van der Waals surface area contributed by atoms with Gasteiger partial charge in [-0.1, -0.05) is 85.5 Å². The second-order valence-corrected chi connectivity index (χ2v) is 8.34. The molecular formula is C24H45NO4. The summed E-state index contributed by atoms with van der Waals surface area (Å²) in [4.78, 5) is 37.7. The van der Waals surface area contributed by atoms with Crippen LogP contribution in [0.3, 0.4) is 0 Å². The van der Waals surface area contributed by atoms with E-state index in [-0.39, 0.29) is 29.9 Å². The van der Waals surface area contributed by atoms with Gasteiger partial charge in [0.15, 0.2) is 0 Å². The minimum Gasteiger partial charge on any atom is -0.467 e. The summed E-state index contributed by atoms with van der Waals surface area (Å²) in [6.07, 6.45) is 11.7. The lowest BCUT2D eigenvalue weighted by molar-refractivity contribution is -0.146. The second-order valence-electron chi connectivity index (χ2n) is 8.34. The number of methoxy groups -OCH3 is 1. The van der Waals surface area contributed by atoms with Crippen molar-refractivity contribution in [3.05, 3.63) is 0 Å². The van der Waals surface area contributed by atoms with Crippen LogP contribution in [0, 0.1) is 11.8 Å². The van der Waals surface area contributed by atoms with E-state index in [0.717, 1.165) is 64.2 Å². The van der Waals surface area contributed by atoms with Crippen molar-refractivity contribution in [2.45, 2.75) is 117 Å². The quantitative estimate of drug-likeness (QED) is 0.235. The Morgan fingerprint density at radius 1 is 0.793 bits per heavy atom. The third kappa shape index (κ3) is 12.7. The van der Waals surface area contributed by atoms with E-state index < -0.39 is 12.0 Å². The zero-order valence-corrected chi connectivity index (χ0v) is 19.6. The highest BCUT2D eigenvalue weighted by Crippen LogP contribution is 2.20. The van der Waals surface area contributed by atoms with Gasteiger partial charge in [-0.3, -0.25) is 9.59 Å². The minimum atomic E-state index is -0.621. The van der Waals surface area contributed by atoms with Gasteiger partial charge in [-0.2, -0.15) is 0 Å². The van der Waals surface area contributed by atoms with Gasteiger partial charge in [0.05, 0.1) is 7.11 Å². The Morgan fingerprint density at radius 2 is 1.31 bits per heavy atom. The van der Waals surface area contributed by atoms with Crippen LogP contribution in [-0.2, 0) is 19.1 Å². The molecule has 3 atom stereocenters. The summed E-state index contributed by atoms with van der Waals surface area (Å²) in [5.74, 6) is -0.786. The number of hydrogen-bond donors (Lipinski definition) is 1. The molecule has 0 radical (unpaired) electrons. The number of carbonyl (C=O) groups excluding carboxylic acids is 3. The van der Waals surface area contributed by atoms with Gasteiger partial charge in [-0.05, 0) is 19.3 Å². The van der Waals surface area contributed by atoms with E-state index in [1.165, 1.54) is 7.11 Å². The number of carbonyl (C=O) groups is 3. The van der Waals surface area contributed by atoms with Gasteiger partial charge in [-0.25, -0.2) is 4.79 Å². The van der Waals surface area contributed by atoms with Crippen LogP contribution in [0.5, 0.6) is 0 Å². The average molecular weight is 412 g/mol. The molecule has 5 heteroatoms. The third-order valence-corrected chi connectivity index (χ3v) is 5.66. The number of ether oxygens (including phenoxy) is 1. The SMILES string of the molecule is CCCCC[C@H](CC(=O)[C@@H](C)CCCCC)C(=O)N[C@@H](CCCCC)C(=O)OC. The lowest BCUT2D eigenvalue weighted by Gasteiger charge is -2.22. The standard InChI is InChI=1S/C24H45NO4/c1-6-9-12-15-19(4)22(26)18-20(16-13-10-7-2)23(27)25-21(24(28)29-5)17-14-11-8-3/h19-21H,6-18H2,1-5H3,(H,25,27)/t19-,20+,21-/m0/s1. The van der Waals surface area contributed by atoms with E-state index >= 15 is 0 Å². The molecule has 5 nitrogen and oxygen atoms in total. The van der Waals surface area contributed by atoms with Crippen molar-refractivity contribution >= 4 is 17.7 Å². The van der Waals surface area contributed by atoms with Crippen molar-refractivity contribution in [2.75, 3.05) is 7.11 Å². The van der Waals surface area contributed by atoms with Crippen molar-refractivity contribution in [3.63, 3.8) is 0 Å². The molecule has 0 aliphatic heterocycles. The number of Topliss-reactive ketones (excluding diaryl/α,β-unsaturated/α-hetero) is 1. The van der Waals surface area contributed by atoms with Crippen molar-refractivity contribution in [1.82, 2.24) is 5.32 Å². The highest BCUT2D eigenvalue weighted by Gasteiger charge is 2.28. The van der Waals surface area contributed by atoms with Gasteiger partial charge in [0.1, 0.15) is 11.8 Å². The molecule has 0 bridgehead atoms. The molecule has 0 aliphatic carbocycles. The van der Waals surface area contributed by atoms with Gasteiger partial charge >= 0.3 is 5.97 Å². The molecule has 0 aromatic heterocycles.